The fraction of sp³-hybridized carbons (Fsp3) is 0.667. The average molecular weight is 475 g/mol. The van der Waals surface area contributed by atoms with Crippen LogP contribution in [0.25, 0.3) is 0 Å². The molecule has 0 fully saturated rings. The molecule has 0 radical (unpaired) electrons. The Balaban J connectivity index is 2.93. The third-order valence-electron chi connectivity index (χ3n) is 5.00. The third-order valence-corrected chi connectivity index (χ3v) is 10.3. The highest BCUT2D eigenvalue weighted by Crippen LogP contribution is 2.38. The smallest absolute Gasteiger partial charge is 0.410 e. The van der Waals surface area contributed by atoms with Gasteiger partial charge in [-0.1, -0.05) is 42.8 Å². The molecule has 0 saturated carbocycles. The standard InChI is InChI=1S/C21H36BrNO4Si/c1-16(14-23(19(24)25-8)20(2,3)4)27-28(9,21(5,6)7)15-26-18-12-10-11-17(22)13-18/h10-13,16H,14-15H2,1-9H3/t16-,28?/m0/s1. The number of rotatable bonds is 7. The van der Waals surface area contributed by atoms with Gasteiger partial charge in [0.1, 0.15) is 12.0 Å². The number of nitrogens with zero attached hydrogens (tertiary/aromatic N) is 1. The summed E-state index contributed by atoms with van der Waals surface area (Å²) in [4.78, 5) is 13.9. The summed E-state index contributed by atoms with van der Waals surface area (Å²) < 4.78 is 18.7. The van der Waals surface area contributed by atoms with Crippen molar-refractivity contribution < 1.29 is 18.7 Å². The van der Waals surface area contributed by atoms with E-state index in [0.29, 0.717) is 12.8 Å². The Labute approximate surface area is 180 Å². The first-order chi connectivity index (χ1) is 12.7. The molecule has 0 saturated heterocycles. The van der Waals surface area contributed by atoms with E-state index in [2.05, 4.69) is 43.2 Å². The Kier molecular flexibility index (Phi) is 8.59. The van der Waals surface area contributed by atoms with Gasteiger partial charge in [0.05, 0.1) is 13.2 Å². The zero-order valence-corrected chi connectivity index (χ0v) is 21.3. The van der Waals surface area contributed by atoms with Gasteiger partial charge in [-0.15, -0.1) is 0 Å². The summed E-state index contributed by atoms with van der Waals surface area (Å²) in [6, 6.07) is 7.83. The Morgan fingerprint density at radius 3 is 2.29 bits per heavy atom. The molecule has 5 nitrogen and oxygen atoms in total. The first-order valence-electron chi connectivity index (χ1n) is 9.61. The van der Waals surface area contributed by atoms with Crippen molar-refractivity contribution in [1.82, 2.24) is 4.90 Å². The van der Waals surface area contributed by atoms with Crippen LogP contribution < -0.4 is 4.74 Å². The van der Waals surface area contributed by atoms with E-state index in [4.69, 9.17) is 13.9 Å². The Hall–Kier alpha value is -1.05. The molecule has 0 N–H and O–H groups in total. The molecule has 28 heavy (non-hydrogen) atoms. The number of benzene rings is 1. The van der Waals surface area contributed by atoms with Crippen LogP contribution in [0.5, 0.6) is 5.75 Å². The van der Waals surface area contributed by atoms with E-state index >= 15 is 0 Å². The summed E-state index contributed by atoms with van der Waals surface area (Å²) in [6.07, 6.45) is 0.0539. The lowest BCUT2D eigenvalue weighted by molar-refractivity contribution is 0.0528. The number of hydrogen-bond donors (Lipinski definition) is 0. The van der Waals surface area contributed by atoms with Crippen LogP contribution in [-0.4, -0.2) is 50.8 Å². The van der Waals surface area contributed by atoms with Crippen molar-refractivity contribution in [1.29, 1.82) is 0 Å². The summed E-state index contributed by atoms with van der Waals surface area (Å²) >= 11 is 3.48. The third kappa shape index (κ3) is 7.08. The lowest BCUT2D eigenvalue weighted by Gasteiger charge is -2.43. The summed E-state index contributed by atoms with van der Waals surface area (Å²) in [7, 11) is -0.892. The summed E-state index contributed by atoms with van der Waals surface area (Å²) in [5.41, 5.74) is -0.350. The highest BCUT2D eigenvalue weighted by atomic mass is 79.9. The van der Waals surface area contributed by atoms with E-state index in [9.17, 15) is 4.79 Å². The van der Waals surface area contributed by atoms with Crippen LogP contribution in [0.4, 0.5) is 4.79 Å². The van der Waals surface area contributed by atoms with Crippen LogP contribution >= 0.6 is 15.9 Å². The Morgan fingerprint density at radius 2 is 1.82 bits per heavy atom. The molecular weight excluding hydrogens is 438 g/mol. The molecule has 0 aromatic heterocycles. The molecule has 1 rings (SSSR count). The van der Waals surface area contributed by atoms with Crippen molar-refractivity contribution in [2.24, 2.45) is 0 Å². The van der Waals surface area contributed by atoms with Gasteiger partial charge in [0, 0.05) is 16.6 Å². The monoisotopic (exact) mass is 473 g/mol. The summed E-state index contributed by atoms with van der Waals surface area (Å²) in [5, 5.41) is -0.0366. The predicted octanol–water partition coefficient (Wildman–Crippen LogP) is 6.01. The molecular formula is C21H36BrNO4Si. The zero-order chi connectivity index (χ0) is 21.8. The van der Waals surface area contributed by atoms with Gasteiger partial charge in [-0.3, -0.25) is 0 Å². The van der Waals surface area contributed by atoms with Crippen LogP contribution in [0.15, 0.2) is 28.7 Å². The largest absolute Gasteiger partial charge is 0.494 e. The molecule has 0 aliphatic carbocycles. The fourth-order valence-electron chi connectivity index (χ4n) is 2.68. The van der Waals surface area contributed by atoms with E-state index in [-0.39, 0.29) is 22.8 Å². The van der Waals surface area contributed by atoms with Gasteiger partial charge in [0.2, 0.25) is 8.32 Å². The number of carbonyl (C=O) groups excluding carboxylic acids is 1. The lowest BCUT2D eigenvalue weighted by Crippen LogP contribution is -2.55. The summed E-state index contributed by atoms with van der Waals surface area (Å²) in [6.45, 7) is 17.2. The molecule has 7 heteroatoms. The van der Waals surface area contributed by atoms with Gasteiger partial charge in [-0.2, -0.15) is 0 Å². The minimum Gasteiger partial charge on any atom is -0.494 e. The second-order valence-corrected chi connectivity index (χ2v) is 14.8. The molecule has 1 amide bonds. The van der Waals surface area contributed by atoms with Crippen molar-refractivity contribution in [2.45, 2.75) is 71.7 Å². The normalized spacial score (nSPS) is 15.5. The summed E-state index contributed by atoms with van der Waals surface area (Å²) in [5.74, 6) is 0.819. The van der Waals surface area contributed by atoms with E-state index in [1.54, 1.807) is 4.90 Å². The number of hydrogen-bond acceptors (Lipinski definition) is 4. The molecule has 1 unspecified atom stereocenters. The molecule has 0 aliphatic rings. The maximum absolute atomic E-state index is 12.2. The Morgan fingerprint density at radius 1 is 1.21 bits per heavy atom. The number of halogens is 1. The van der Waals surface area contributed by atoms with Gasteiger partial charge >= 0.3 is 6.09 Å². The first kappa shape index (κ1) is 25.0. The SMILES string of the molecule is COC(=O)N(C[C@H](C)O[Si](C)(COc1cccc(Br)c1)C(C)(C)C)C(C)(C)C. The maximum Gasteiger partial charge on any atom is 0.410 e. The van der Waals surface area contributed by atoms with E-state index in [0.717, 1.165) is 10.2 Å². The van der Waals surface area contributed by atoms with E-state index < -0.39 is 8.32 Å². The van der Waals surface area contributed by atoms with Crippen molar-refractivity contribution in [3.05, 3.63) is 28.7 Å². The minimum absolute atomic E-state index is 0.0366. The van der Waals surface area contributed by atoms with Crippen molar-refractivity contribution in [3.63, 3.8) is 0 Å². The quantitative estimate of drug-likeness (QED) is 0.454. The van der Waals surface area contributed by atoms with Crippen molar-refractivity contribution >= 4 is 30.3 Å². The number of ether oxygens (including phenoxy) is 2. The maximum atomic E-state index is 12.2. The van der Waals surface area contributed by atoms with Crippen LogP contribution in [0.2, 0.25) is 11.6 Å². The van der Waals surface area contributed by atoms with Crippen molar-refractivity contribution in [3.8, 4) is 5.75 Å². The molecule has 0 heterocycles. The van der Waals surface area contributed by atoms with Gasteiger partial charge in [-0.25, -0.2) is 4.79 Å². The van der Waals surface area contributed by atoms with Crippen LogP contribution in [0, 0.1) is 0 Å². The van der Waals surface area contributed by atoms with Gasteiger partial charge in [0.25, 0.3) is 0 Å². The minimum atomic E-state index is -2.30. The first-order valence-corrected chi connectivity index (χ1v) is 13.0. The molecule has 0 aliphatic heterocycles. The average Bonchev–Trinajstić information content (AvgIpc) is 2.55. The zero-order valence-electron chi connectivity index (χ0n) is 18.8. The molecule has 0 bridgehead atoms. The molecule has 2 atom stereocenters. The highest BCUT2D eigenvalue weighted by molar-refractivity contribution is 9.10. The molecule has 0 spiro atoms. The molecule has 1 aromatic carbocycles. The van der Waals surface area contributed by atoms with E-state index in [1.807, 2.05) is 52.0 Å². The van der Waals surface area contributed by atoms with Gasteiger partial charge in [-0.05, 0) is 57.5 Å². The second kappa shape index (κ2) is 9.63. The number of carbonyl (C=O) groups is 1. The van der Waals surface area contributed by atoms with Crippen LogP contribution in [0.1, 0.15) is 48.5 Å². The molecule has 1 aromatic rings. The second-order valence-electron chi connectivity index (χ2n) is 9.41. The van der Waals surface area contributed by atoms with Gasteiger partial charge in [0.15, 0.2) is 0 Å². The van der Waals surface area contributed by atoms with Crippen LogP contribution in [-0.2, 0) is 9.16 Å². The Bertz CT molecular complexity index is 657. The van der Waals surface area contributed by atoms with Gasteiger partial charge < -0.3 is 18.8 Å². The van der Waals surface area contributed by atoms with Crippen molar-refractivity contribution in [2.75, 3.05) is 19.9 Å². The number of methoxy groups -OCH3 is 1. The highest BCUT2D eigenvalue weighted by Gasteiger charge is 2.45. The fourth-order valence-corrected chi connectivity index (χ4v) is 5.31. The molecule has 160 valence electrons. The lowest BCUT2D eigenvalue weighted by atomic mass is 10.1. The number of amides is 1. The van der Waals surface area contributed by atoms with Crippen LogP contribution in [0.3, 0.4) is 0 Å². The predicted molar refractivity (Wildman–Crippen MR) is 120 cm³/mol. The van der Waals surface area contributed by atoms with E-state index in [1.165, 1.54) is 7.11 Å². The topological polar surface area (TPSA) is 48.0 Å².